The van der Waals surface area contributed by atoms with Gasteiger partial charge in [-0.05, 0) is 38.0 Å². The topological polar surface area (TPSA) is 63.9 Å². The number of ether oxygens (including phenoxy) is 1. The van der Waals surface area contributed by atoms with Crippen molar-refractivity contribution in [2.24, 2.45) is 0 Å². The molecule has 1 fully saturated rings. The Bertz CT molecular complexity index is 1090. The number of methoxy groups -OCH3 is 1. The second-order valence-electron chi connectivity index (χ2n) is 6.62. The summed E-state index contributed by atoms with van der Waals surface area (Å²) >= 11 is 1.61. The second kappa shape index (κ2) is 6.88. The Morgan fingerprint density at radius 1 is 1.37 bits per heavy atom. The molecule has 6 nitrogen and oxygen atoms in total. The molecule has 3 heterocycles. The number of sulfonamides is 1. The molecular weight excluding hydrogens is 389 g/mol. The summed E-state index contributed by atoms with van der Waals surface area (Å²) in [6.45, 7) is 2.72. The summed E-state index contributed by atoms with van der Waals surface area (Å²) in [5, 5.41) is 2.00. The molecule has 1 aliphatic heterocycles. The molecule has 1 aromatic carbocycles. The molecule has 2 aromatic heterocycles. The van der Waals surface area contributed by atoms with Gasteiger partial charge in [0.05, 0.1) is 17.7 Å². The zero-order chi connectivity index (χ0) is 19.2. The first-order valence-electron chi connectivity index (χ1n) is 8.67. The van der Waals surface area contributed by atoms with Crippen molar-refractivity contribution in [3.63, 3.8) is 0 Å². The molecule has 144 valence electrons. The minimum atomic E-state index is -3.78. The molecule has 0 aliphatic carbocycles. The second-order valence-corrected chi connectivity index (χ2v) is 9.45. The Balaban J connectivity index is 1.64. The van der Waals surface area contributed by atoms with Gasteiger partial charge in [0.25, 0.3) is 0 Å². The summed E-state index contributed by atoms with van der Waals surface area (Å²) in [5.41, 5.74) is 0.948. The molecule has 0 N–H and O–H groups in total. The van der Waals surface area contributed by atoms with Crippen LogP contribution in [0.1, 0.15) is 30.3 Å². The molecule has 0 radical (unpaired) electrons. The van der Waals surface area contributed by atoms with E-state index in [1.807, 2.05) is 22.9 Å². The molecule has 1 saturated heterocycles. The predicted molar refractivity (Wildman–Crippen MR) is 101 cm³/mol. The minimum Gasteiger partial charge on any atom is -0.494 e. The first-order chi connectivity index (χ1) is 12.9. The van der Waals surface area contributed by atoms with E-state index in [1.54, 1.807) is 11.3 Å². The fraction of sp³-hybridized carbons (Fsp3) is 0.389. The van der Waals surface area contributed by atoms with Gasteiger partial charge in [-0.15, -0.1) is 11.3 Å². The van der Waals surface area contributed by atoms with Gasteiger partial charge < -0.3 is 4.74 Å². The Hall–Kier alpha value is -1.97. The van der Waals surface area contributed by atoms with Gasteiger partial charge >= 0.3 is 0 Å². The van der Waals surface area contributed by atoms with Crippen LogP contribution < -0.4 is 4.74 Å². The smallest absolute Gasteiger partial charge is 0.243 e. The van der Waals surface area contributed by atoms with Crippen LogP contribution in [0.2, 0.25) is 0 Å². The first kappa shape index (κ1) is 18.4. The van der Waals surface area contributed by atoms with Gasteiger partial charge in [-0.2, -0.15) is 4.31 Å². The SMILES string of the molecule is COc1ccc(S(=O)(=O)N2CCC[C@H](c3nc(C)n4ccsc34)C2)cc1F. The highest BCUT2D eigenvalue weighted by Crippen LogP contribution is 2.34. The fourth-order valence-corrected chi connectivity index (χ4v) is 6.09. The van der Waals surface area contributed by atoms with Crippen molar-refractivity contribution < 1.29 is 17.5 Å². The summed E-state index contributed by atoms with van der Waals surface area (Å²) in [6.07, 6.45) is 3.60. The van der Waals surface area contributed by atoms with Crippen LogP contribution in [-0.4, -0.2) is 42.3 Å². The number of hydrogen-bond donors (Lipinski definition) is 0. The maximum Gasteiger partial charge on any atom is 0.243 e. The Labute approximate surface area is 161 Å². The van der Waals surface area contributed by atoms with Crippen molar-refractivity contribution in [3.8, 4) is 5.75 Å². The zero-order valence-corrected chi connectivity index (χ0v) is 16.7. The lowest BCUT2D eigenvalue weighted by molar-refractivity contribution is 0.313. The molecule has 9 heteroatoms. The number of aromatic nitrogens is 2. The number of benzene rings is 1. The van der Waals surface area contributed by atoms with Crippen LogP contribution >= 0.6 is 11.3 Å². The van der Waals surface area contributed by atoms with Gasteiger partial charge in [-0.25, -0.2) is 17.8 Å². The number of nitrogens with zero attached hydrogens (tertiary/aromatic N) is 3. The van der Waals surface area contributed by atoms with E-state index < -0.39 is 15.8 Å². The van der Waals surface area contributed by atoms with Gasteiger partial charge in [0.2, 0.25) is 10.0 Å². The summed E-state index contributed by atoms with van der Waals surface area (Å²) < 4.78 is 48.4. The van der Waals surface area contributed by atoms with Gasteiger partial charge in [0, 0.05) is 30.6 Å². The van der Waals surface area contributed by atoms with Crippen molar-refractivity contribution in [1.29, 1.82) is 0 Å². The molecule has 1 atom stereocenters. The number of piperidine rings is 1. The summed E-state index contributed by atoms with van der Waals surface area (Å²) in [7, 11) is -2.43. The molecule has 1 aliphatic rings. The van der Waals surface area contributed by atoms with E-state index in [0.717, 1.165) is 35.3 Å². The number of fused-ring (bicyclic) bond motifs is 1. The molecule has 0 saturated carbocycles. The summed E-state index contributed by atoms with van der Waals surface area (Å²) in [4.78, 5) is 5.68. The highest BCUT2D eigenvalue weighted by molar-refractivity contribution is 7.89. The maximum absolute atomic E-state index is 14.0. The molecule has 0 amide bonds. The predicted octanol–water partition coefficient (Wildman–Crippen LogP) is 3.42. The Morgan fingerprint density at radius 2 is 2.19 bits per heavy atom. The van der Waals surface area contributed by atoms with Crippen molar-refractivity contribution in [2.45, 2.75) is 30.6 Å². The summed E-state index contributed by atoms with van der Waals surface area (Å²) in [6, 6.07) is 3.76. The third-order valence-corrected chi connectivity index (χ3v) is 7.74. The van der Waals surface area contributed by atoms with Crippen LogP contribution in [0, 0.1) is 12.7 Å². The van der Waals surface area contributed by atoms with E-state index in [9.17, 15) is 12.8 Å². The lowest BCUT2D eigenvalue weighted by Gasteiger charge is -2.31. The normalized spacial score (nSPS) is 18.9. The number of halogens is 1. The largest absolute Gasteiger partial charge is 0.494 e. The van der Waals surface area contributed by atoms with Crippen LogP contribution in [0.3, 0.4) is 0 Å². The van der Waals surface area contributed by atoms with Gasteiger partial charge in [-0.1, -0.05) is 0 Å². The third kappa shape index (κ3) is 3.13. The molecule has 4 rings (SSSR count). The van der Waals surface area contributed by atoms with Crippen molar-refractivity contribution in [1.82, 2.24) is 13.7 Å². The number of rotatable bonds is 4. The van der Waals surface area contributed by atoms with Gasteiger partial charge in [0.1, 0.15) is 10.7 Å². The number of hydrogen-bond acceptors (Lipinski definition) is 5. The van der Waals surface area contributed by atoms with Crippen LogP contribution in [-0.2, 0) is 10.0 Å². The monoisotopic (exact) mass is 409 g/mol. The van der Waals surface area contributed by atoms with Crippen molar-refractivity contribution >= 4 is 26.2 Å². The zero-order valence-electron chi connectivity index (χ0n) is 15.1. The van der Waals surface area contributed by atoms with Gasteiger partial charge in [-0.3, -0.25) is 4.40 Å². The average molecular weight is 410 g/mol. The van der Waals surface area contributed by atoms with Crippen LogP contribution in [0.5, 0.6) is 5.75 Å². The molecule has 0 unspecified atom stereocenters. The molecule has 3 aromatic rings. The van der Waals surface area contributed by atoms with Crippen LogP contribution in [0.4, 0.5) is 4.39 Å². The van der Waals surface area contributed by atoms with E-state index in [1.165, 1.54) is 23.5 Å². The molecule has 27 heavy (non-hydrogen) atoms. The first-order valence-corrected chi connectivity index (χ1v) is 11.0. The lowest BCUT2D eigenvalue weighted by Crippen LogP contribution is -2.39. The quantitative estimate of drug-likeness (QED) is 0.662. The summed E-state index contributed by atoms with van der Waals surface area (Å²) in [5.74, 6) is 0.272. The van der Waals surface area contributed by atoms with E-state index in [4.69, 9.17) is 4.74 Å². The molecule has 0 spiro atoms. The third-order valence-electron chi connectivity index (χ3n) is 4.99. The fourth-order valence-electron chi connectivity index (χ4n) is 3.60. The standard InChI is InChI=1S/C18H20FN3O3S2/c1-12-20-17(18-22(12)8-9-26-18)13-4-3-7-21(11-13)27(23,24)14-5-6-16(25-2)15(19)10-14/h5-6,8-10,13H,3-4,7,11H2,1-2H3/t13-/m0/s1. The van der Waals surface area contributed by atoms with Crippen LogP contribution in [0.15, 0.2) is 34.7 Å². The number of aryl methyl sites for hydroxylation is 1. The van der Waals surface area contributed by atoms with Crippen molar-refractivity contribution in [2.75, 3.05) is 20.2 Å². The van der Waals surface area contributed by atoms with Crippen LogP contribution in [0.25, 0.3) is 4.83 Å². The average Bonchev–Trinajstić information content (AvgIpc) is 3.26. The lowest BCUT2D eigenvalue weighted by atomic mass is 9.97. The number of imidazole rings is 1. The van der Waals surface area contributed by atoms with E-state index in [-0.39, 0.29) is 16.6 Å². The maximum atomic E-state index is 14.0. The van der Waals surface area contributed by atoms with E-state index in [0.29, 0.717) is 13.1 Å². The molecular formula is C18H20FN3O3S2. The number of thiazole rings is 1. The minimum absolute atomic E-state index is 0.0268. The van der Waals surface area contributed by atoms with Crippen molar-refractivity contribution in [3.05, 3.63) is 47.1 Å². The van der Waals surface area contributed by atoms with E-state index in [2.05, 4.69) is 4.98 Å². The van der Waals surface area contributed by atoms with Gasteiger partial charge in [0.15, 0.2) is 11.6 Å². The molecule has 0 bridgehead atoms. The Morgan fingerprint density at radius 3 is 2.93 bits per heavy atom. The highest BCUT2D eigenvalue weighted by Gasteiger charge is 2.33. The highest BCUT2D eigenvalue weighted by atomic mass is 32.2. The van der Waals surface area contributed by atoms with E-state index >= 15 is 0 Å². The Kier molecular flexibility index (Phi) is 4.69.